The molecule has 4 heteroatoms. The fraction of sp³-hybridized carbons (Fsp3) is 0.500. The van der Waals surface area contributed by atoms with Crippen LogP contribution in [0.2, 0.25) is 0 Å². The van der Waals surface area contributed by atoms with Gasteiger partial charge in [0.25, 0.3) is 0 Å². The normalized spacial score (nSPS) is 18.0. The summed E-state index contributed by atoms with van der Waals surface area (Å²) < 4.78 is 10.9. The minimum atomic E-state index is -0.0533. The lowest BCUT2D eigenvalue weighted by atomic mass is 10.0. The monoisotopic (exact) mass is 303 g/mol. The third-order valence-corrected chi connectivity index (χ3v) is 3.92. The molecule has 1 aromatic carbocycles. The lowest BCUT2D eigenvalue weighted by Gasteiger charge is -2.18. The van der Waals surface area contributed by atoms with E-state index in [1.54, 1.807) is 7.11 Å². The first-order chi connectivity index (χ1) is 10.6. The van der Waals surface area contributed by atoms with E-state index in [0.717, 1.165) is 24.2 Å². The van der Waals surface area contributed by atoms with Crippen LogP contribution in [0.4, 0.5) is 0 Å². The van der Waals surface area contributed by atoms with Gasteiger partial charge in [-0.3, -0.25) is 4.79 Å². The van der Waals surface area contributed by atoms with Gasteiger partial charge >= 0.3 is 0 Å². The van der Waals surface area contributed by atoms with Crippen LogP contribution in [0.25, 0.3) is 0 Å². The van der Waals surface area contributed by atoms with E-state index in [-0.39, 0.29) is 11.9 Å². The molecule has 0 aliphatic heterocycles. The van der Waals surface area contributed by atoms with Crippen molar-refractivity contribution in [3.63, 3.8) is 0 Å². The minimum Gasteiger partial charge on any atom is -0.493 e. The molecule has 2 atom stereocenters. The highest BCUT2D eigenvalue weighted by Crippen LogP contribution is 2.30. The molecule has 4 nitrogen and oxygen atoms in total. The number of allylic oxidation sites excluding steroid dienone is 2. The summed E-state index contributed by atoms with van der Waals surface area (Å²) in [5.74, 6) is 1.90. The molecule has 0 heterocycles. The fourth-order valence-electron chi connectivity index (χ4n) is 2.72. The number of carbonyl (C=O) groups is 1. The van der Waals surface area contributed by atoms with E-state index in [0.29, 0.717) is 24.7 Å². The third kappa shape index (κ3) is 4.26. The number of carbonyl (C=O) groups excluding carboxylic acids is 1. The Morgan fingerprint density at radius 3 is 2.86 bits per heavy atom. The van der Waals surface area contributed by atoms with Crippen LogP contribution < -0.4 is 14.8 Å². The van der Waals surface area contributed by atoms with E-state index < -0.39 is 0 Å². The maximum atomic E-state index is 12.1. The molecule has 120 valence electrons. The average Bonchev–Trinajstić information content (AvgIpc) is 3.00. The second kappa shape index (κ2) is 7.87. The Morgan fingerprint density at radius 1 is 1.41 bits per heavy atom. The molecule has 1 aliphatic rings. The summed E-state index contributed by atoms with van der Waals surface area (Å²) in [6.45, 7) is 4.52. The number of benzene rings is 1. The lowest BCUT2D eigenvalue weighted by molar-refractivity contribution is -0.122. The number of ether oxygens (including phenoxy) is 2. The molecule has 0 radical (unpaired) electrons. The predicted molar refractivity (Wildman–Crippen MR) is 87.2 cm³/mol. The van der Waals surface area contributed by atoms with Crippen LogP contribution in [-0.2, 0) is 4.79 Å². The molecular formula is C18H25NO3. The lowest BCUT2D eigenvalue weighted by Crippen LogP contribution is -2.27. The molecule has 1 aliphatic carbocycles. The molecule has 0 aromatic heterocycles. The summed E-state index contributed by atoms with van der Waals surface area (Å²) in [5.41, 5.74) is 1.01. The van der Waals surface area contributed by atoms with Gasteiger partial charge < -0.3 is 14.8 Å². The van der Waals surface area contributed by atoms with E-state index >= 15 is 0 Å². The van der Waals surface area contributed by atoms with Crippen LogP contribution in [-0.4, -0.2) is 19.6 Å². The van der Waals surface area contributed by atoms with Gasteiger partial charge in [-0.15, -0.1) is 0 Å². The Hall–Kier alpha value is -1.97. The van der Waals surface area contributed by atoms with Crippen molar-refractivity contribution in [1.29, 1.82) is 0 Å². The zero-order valence-corrected chi connectivity index (χ0v) is 13.6. The predicted octanol–water partition coefficient (Wildman–Crippen LogP) is 3.63. The van der Waals surface area contributed by atoms with Crippen LogP contribution >= 0.6 is 0 Å². The van der Waals surface area contributed by atoms with E-state index in [2.05, 4.69) is 17.5 Å². The maximum Gasteiger partial charge on any atom is 0.221 e. The van der Waals surface area contributed by atoms with Gasteiger partial charge in [0.1, 0.15) is 0 Å². The second-order valence-electron chi connectivity index (χ2n) is 5.60. The molecule has 1 aromatic rings. The van der Waals surface area contributed by atoms with Crippen molar-refractivity contribution in [1.82, 2.24) is 5.32 Å². The molecule has 0 fully saturated rings. The summed E-state index contributed by atoms with van der Waals surface area (Å²) in [7, 11) is 1.62. The average molecular weight is 303 g/mol. The molecule has 2 rings (SSSR count). The smallest absolute Gasteiger partial charge is 0.221 e. The SMILES string of the molecule is CCOc1ccc(C(C)NC(=O)CC2C=CCC2)cc1OC. The van der Waals surface area contributed by atoms with Crippen molar-refractivity contribution in [2.24, 2.45) is 5.92 Å². The zero-order valence-electron chi connectivity index (χ0n) is 13.6. The number of rotatable bonds is 7. The van der Waals surface area contributed by atoms with E-state index in [4.69, 9.17) is 9.47 Å². The Bertz CT molecular complexity index is 539. The number of methoxy groups -OCH3 is 1. The maximum absolute atomic E-state index is 12.1. The van der Waals surface area contributed by atoms with Crippen LogP contribution in [0.15, 0.2) is 30.4 Å². The molecule has 1 amide bonds. The first kappa shape index (κ1) is 16.4. The molecule has 0 saturated heterocycles. The summed E-state index contributed by atoms with van der Waals surface area (Å²) in [6, 6.07) is 5.72. The number of nitrogens with one attached hydrogen (secondary N) is 1. The van der Waals surface area contributed by atoms with E-state index in [1.165, 1.54) is 0 Å². The topological polar surface area (TPSA) is 47.6 Å². The Kier molecular flexibility index (Phi) is 5.87. The summed E-state index contributed by atoms with van der Waals surface area (Å²) in [6.07, 6.45) is 7.03. The Morgan fingerprint density at radius 2 is 2.23 bits per heavy atom. The number of hydrogen-bond acceptors (Lipinski definition) is 3. The zero-order chi connectivity index (χ0) is 15.9. The quantitative estimate of drug-likeness (QED) is 0.783. The van der Waals surface area contributed by atoms with Gasteiger partial charge in [0.2, 0.25) is 5.91 Å². The fourth-order valence-corrected chi connectivity index (χ4v) is 2.72. The minimum absolute atomic E-state index is 0.0533. The molecule has 22 heavy (non-hydrogen) atoms. The first-order valence-electron chi connectivity index (χ1n) is 7.90. The van der Waals surface area contributed by atoms with Crippen LogP contribution in [0.1, 0.15) is 44.7 Å². The van der Waals surface area contributed by atoms with Gasteiger partial charge in [-0.1, -0.05) is 18.2 Å². The van der Waals surface area contributed by atoms with Crippen LogP contribution in [0.5, 0.6) is 11.5 Å². The largest absolute Gasteiger partial charge is 0.493 e. The van der Waals surface area contributed by atoms with Gasteiger partial charge in [-0.2, -0.15) is 0 Å². The molecule has 1 N–H and O–H groups in total. The highest BCUT2D eigenvalue weighted by molar-refractivity contribution is 5.77. The highest BCUT2D eigenvalue weighted by Gasteiger charge is 2.17. The van der Waals surface area contributed by atoms with Gasteiger partial charge in [-0.25, -0.2) is 0 Å². The summed E-state index contributed by atoms with van der Waals surface area (Å²) in [5, 5.41) is 3.06. The number of amides is 1. The summed E-state index contributed by atoms with van der Waals surface area (Å²) in [4.78, 5) is 12.1. The van der Waals surface area contributed by atoms with Gasteiger partial charge in [-0.05, 0) is 50.3 Å². The van der Waals surface area contributed by atoms with Crippen molar-refractivity contribution in [2.45, 2.75) is 39.2 Å². The molecular weight excluding hydrogens is 278 g/mol. The highest BCUT2D eigenvalue weighted by atomic mass is 16.5. The van der Waals surface area contributed by atoms with Crippen LogP contribution in [0, 0.1) is 5.92 Å². The standard InChI is InChI=1S/C18H25NO3/c1-4-22-16-10-9-15(12-17(16)21-3)13(2)19-18(20)11-14-7-5-6-8-14/h5,7,9-10,12-14H,4,6,8,11H2,1-3H3,(H,19,20). The van der Waals surface area contributed by atoms with Gasteiger partial charge in [0, 0.05) is 6.42 Å². The third-order valence-electron chi connectivity index (χ3n) is 3.92. The molecule has 2 unspecified atom stereocenters. The van der Waals surface area contributed by atoms with Crippen molar-refractivity contribution < 1.29 is 14.3 Å². The molecule has 0 bridgehead atoms. The number of hydrogen-bond donors (Lipinski definition) is 1. The van der Waals surface area contributed by atoms with E-state index in [9.17, 15) is 4.79 Å². The second-order valence-corrected chi connectivity index (χ2v) is 5.60. The van der Waals surface area contributed by atoms with E-state index in [1.807, 2.05) is 32.0 Å². The van der Waals surface area contributed by atoms with Crippen LogP contribution in [0.3, 0.4) is 0 Å². The van der Waals surface area contributed by atoms with Crippen molar-refractivity contribution in [3.05, 3.63) is 35.9 Å². The first-order valence-corrected chi connectivity index (χ1v) is 7.90. The van der Waals surface area contributed by atoms with Crippen molar-refractivity contribution in [3.8, 4) is 11.5 Å². The molecule has 0 saturated carbocycles. The van der Waals surface area contributed by atoms with Crippen molar-refractivity contribution >= 4 is 5.91 Å². The van der Waals surface area contributed by atoms with Crippen molar-refractivity contribution in [2.75, 3.05) is 13.7 Å². The van der Waals surface area contributed by atoms with Gasteiger partial charge in [0.15, 0.2) is 11.5 Å². The summed E-state index contributed by atoms with van der Waals surface area (Å²) >= 11 is 0. The Balaban J connectivity index is 1.97. The van der Waals surface area contributed by atoms with Gasteiger partial charge in [0.05, 0.1) is 19.8 Å². The Labute approximate surface area is 132 Å². The molecule has 0 spiro atoms.